The molecule has 0 radical (unpaired) electrons. The van der Waals surface area contributed by atoms with Crippen LogP contribution in [0.25, 0.3) is 0 Å². The standard InChI is InChI=1S/C9H12O4.2CH4.H2Se/c10-8(11)6-4-1-2-5(3-4)7(6)9(12)13;;;/h4-7H,1-3H2,(H,10,11)(H,12,13);2*1H4;1H2. The molecule has 0 aliphatic heterocycles. The monoisotopic (exact) mass is 298 g/mol. The minimum atomic E-state index is -0.931. The van der Waals surface area contributed by atoms with E-state index in [-0.39, 0.29) is 43.8 Å². The molecule has 0 aromatic carbocycles. The van der Waals surface area contributed by atoms with Crippen LogP contribution in [0, 0.1) is 23.7 Å². The fraction of sp³-hybridized carbons (Fsp3) is 0.818. The van der Waals surface area contributed by atoms with Gasteiger partial charge in [0.25, 0.3) is 0 Å². The van der Waals surface area contributed by atoms with Crippen LogP contribution in [0.2, 0.25) is 0 Å². The number of hydrogen-bond acceptors (Lipinski definition) is 2. The molecule has 0 amide bonds. The van der Waals surface area contributed by atoms with Gasteiger partial charge in [-0.25, -0.2) is 0 Å². The van der Waals surface area contributed by atoms with Crippen molar-refractivity contribution in [1.82, 2.24) is 0 Å². The van der Waals surface area contributed by atoms with E-state index in [1.165, 1.54) is 0 Å². The number of aliphatic carboxylic acids is 2. The summed E-state index contributed by atoms with van der Waals surface area (Å²) in [4.78, 5) is 21.7. The zero-order valence-corrected chi connectivity index (χ0v) is 9.74. The van der Waals surface area contributed by atoms with Crippen LogP contribution in [-0.4, -0.2) is 39.2 Å². The van der Waals surface area contributed by atoms with Crippen LogP contribution in [-0.2, 0) is 9.59 Å². The Hall–Kier alpha value is -0.541. The van der Waals surface area contributed by atoms with Crippen molar-refractivity contribution >= 4 is 29.0 Å². The van der Waals surface area contributed by atoms with Crippen LogP contribution in [0.5, 0.6) is 0 Å². The zero-order chi connectivity index (χ0) is 9.59. The summed E-state index contributed by atoms with van der Waals surface area (Å²) < 4.78 is 0. The Balaban J connectivity index is 0. The van der Waals surface area contributed by atoms with Crippen molar-refractivity contribution in [3.8, 4) is 0 Å². The predicted octanol–water partition coefficient (Wildman–Crippen LogP) is 1.17. The van der Waals surface area contributed by atoms with E-state index in [1.807, 2.05) is 0 Å². The second-order valence-corrected chi connectivity index (χ2v) is 4.06. The van der Waals surface area contributed by atoms with E-state index in [0.717, 1.165) is 19.3 Å². The first-order valence-electron chi connectivity index (χ1n) is 4.57. The van der Waals surface area contributed by atoms with Gasteiger partial charge in [0.2, 0.25) is 0 Å². The third-order valence-corrected chi connectivity index (χ3v) is 3.49. The van der Waals surface area contributed by atoms with Gasteiger partial charge in [-0.1, -0.05) is 14.9 Å². The first kappa shape index (κ1) is 17.8. The molecule has 0 saturated heterocycles. The molecule has 2 fully saturated rings. The number of fused-ring (bicyclic) bond motifs is 2. The Labute approximate surface area is 107 Å². The van der Waals surface area contributed by atoms with Crippen LogP contribution in [0.15, 0.2) is 0 Å². The van der Waals surface area contributed by atoms with Crippen molar-refractivity contribution in [1.29, 1.82) is 0 Å². The normalized spacial score (nSPS) is 34.2. The maximum atomic E-state index is 10.8. The fourth-order valence-corrected chi connectivity index (χ4v) is 3.00. The average molecular weight is 297 g/mol. The molecule has 5 heteroatoms. The molecule has 2 rings (SSSR count). The molecule has 2 bridgehead atoms. The number of carbonyl (C=O) groups is 2. The van der Waals surface area contributed by atoms with E-state index in [1.54, 1.807) is 0 Å². The van der Waals surface area contributed by atoms with Gasteiger partial charge in [0.05, 0.1) is 11.8 Å². The van der Waals surface area contributed by atoms with Crippen LogP contribution >= 0.6 is 0 Å². The summed E-state index contributed by atoms with van der Waals surface area (Å²) in [5.41, 5.74) is 0. The molecule has 2 aliphatic carbocycles. The Morgan fingerprint density at radius 3 is 1.44 bits per heavy atom. The fourth-order valence-electron chi connectivity index (χ4n) is 3.00. The van der Waals surface area contributed by atoms with Gasteiger partial charge >= 0.3 is 29.0 Å². The maximum absolute atomic E-state index is 10.8. The second-order valence-electron chi connectivity index (χ2n) is 4.06. The summed E-state index contributed by atoms with van der Waals surface area (Å²) >= 11 is 0. The number of carboxylic acid groups (broad SMARTS) is 2. The van der Waals surface area contributed by atoms with Crippen molar-refractivity contribution in [2.75, 3.05) is 0 Å². The molecule has 16 heavy (non-hydrogen) atoms. The second kappa shape index (κ2) is 6.26. The Kier molecular flexibility index (Phi) is 6.98. The topological polar surface area (TPSA) is 74.6 Å². The third-order valence-electron chi connectivity index (χ3n) is 3.49. The number of carboxylic acids is 2. The summed E-state index contributed by atoms with van der Waals surface area (Å²) in [5, 5.41) is 17.8. The Morgan fingerprint density at radius 2 is 1.19 bits per heavy atom. The third kappa shape index (κ3) is 2.58. The molecule has 2 aliphatic rings. The minimum absolute atomic E-state index is 0. The molecule has 2 saturated carbocycles. The molecular weight excluding hydrogens is 275 g/mol. The van der Waals surface area contributed by atoms with Crippen LogP contribution in [0.1, 0.15) is 34.1 Å². The van der Waals surface area contributed by atoms with Crippen molar-refractivity contribution in [3.63, 3.8) is 0 Å². The van der Waals surface area contributed by atoms with Gasteiger partial charge in [-0.3, -0.25) is 9.59 Å². The van der Waals surface area contributed by atoms with E-state index in [9.17, 15) is 9.59 Å². The van der Waals surface area contributed by atoms with Crippen molar-refractivity contribution < 1.29 is 19.8 Å². The van der Waals surface area contributed by atoms with Crippen molar-refractivity contribution in [3.05, 3.63) is 0 Å². The first-order valence-corrected chi connectivity index (χ1v) is 4.57. The summed E-state index contributed by atoms with van der Waals surface area (Å²) in [7, 11) is 0. The molecule has 4 unspecified atom stereocenters. The Morgan fingerprint density at radius 1 is 0.875 bits per heavy atom. The summed E-state index contributed by atoms with van der Waals surface area (Å²) in [5.74, 6) is -2.89. The van der Waals surface area contributed by atoms with E-state index in [0.29, 0.717) is 0 Å². The molecule has 0 spiro atoms. The first-order chi connectivity index (χ1) is 6.11. The molecule has 4 atom stereocenters. The molecule has 2 N–H and O–H groups in total. The average Bonchev–Trinajstić information content (AvgIpc) is 2.60. The summed E-state index contributed by atoms with van der Waals surface area (Å²) in [6.45, 7) is 0. The molecule has 0 aromatic heterocycles. The predicted molar refractivity (Wildman–Crippen MR) is 65.1 cm³/mol. The van der Waals surface area contributed by atoms with Crippen molar-refractivity contribution in [2.24, 2.45) is 23.7 Å². The van der Waals surface area contributed by atoms with Gasteiger partial charge in [-0.2, -0.15) is 0 Å². The van der Waals surface area contributed by atoms with Gasteiger partial charge in [-0.05, 0) is 31.1 Å². The zero-order valence-electron chi connectivity index (χ0n) is 7.64. The molecule has 4 nitrogen and oxygen atoms in total. The van der Waals surface area contributed by atoms with Crippen LogP contribution in [0.3, 0.4) is 0 Å². The van der Waals surface area contributed by atoms with Crippen molar-refractivity contribution in [2.45, 2.75) is 34.1 Å². The number of hydrogen-bond donors (Lipinski definition) is 2. The molecule has 0 aromatic rings. The van der Waals surface area contributed by atoms with Gasteiger partial charge in [0.15, 0.2) is 0 Å². The Bertz CT molecular complexity index is 241. The van der Waals surface area contributed by atoms with Gasteiger partial charge in [0.1, 0.15) is 0 Å². The summed E-state index contributed by atoms with van der Waals surface area (Å²) in [6, 6.07) is 0. The quantitative estimate of drug-likeness (QED) is 0.750. The molecule has 96 valence electrons. The van der Waals surface area contributed by atoms with E-state index in [2.05, 4.69) is 0 Å². The van der Waals surface area contributed by atoms with Crippen LogP contribution in [0.4, 0.5) is 0 Å². The van der Waals surface area contributed by atoms with Crippen LogP contribution < -0.4 is 0 Å². The van der Waals surface area contributed by atoms with E-state index >= 15 is 0 Å². The SMILES string of the molecule is C.C.O=C(O)C1C2CCC(C2)C1C(=O)O.[SeH2]. The number of rotatable bonds is 2. The molecular formula is C11H22O4Se. The summed E-state index contributed by atoms with van der Waals surface area (Å²) in [6.07, 6.45) is 2.59. The van der Waals surface area contributed by atoms with Gasteiger partial charge < -0.3 is 10.2 Å². The van der Waals surface area contributed by atoms with Gasteiger partial charge in [0, 0.05) is 0 Å². The van der Waals surface area contributed by atoms with Gasteiger partial charge in [-0.15, -0.1) is 0 Å². The van der Waals surface area contributed by atoms with E-state index in [4.69, 9.17) is 10.2 Å². The van der Waals surface area contributed by atoms with E-state index < -0.39 is 23.8 Å². The molecule has 0 heterocycles.